The van der Waals surface area contributed by atoms with Gasteiger partial charge >= 0.3 is 0 Å². The molecule has 1 heterocycles. The second kappa shape index (κ2) is 4.52. The molecular weight excluding hydrogens is 210 g/mol. The van der Waals surface area contributed by atoms with Gasteiger partial charge in [-0.2, -0.15) is 0 Å². The minimum atomic E-state index is 0.189. The average molecular weight is 239 g/mol. The van der Waals surface area contributed by atoms with Crippen LogP contribution in [0, 0.1) is 11.3 Å². The van der Waals surface area contributed by atoms with Crippen molar-refractivity contribution in [1.29, 1.82) is 0 Å². The van der Waals surface area contributed by atoms with Crippen LogP contribution in [0.1, 0.15) is 33.1 Å². The van der Waals surface area contributed by atoms with Gasteiger partial charge in [-0.1, -0.05) is 6.92 Å². The van der Waals surface area contributed by atoms with E-state index in [2.05, 4.69) is 37.7 Å². The Balaban J connectivity index is 1.96. The van der Waals surface area contributed by atoms with E-state index in [-0.39, 0.29) is 5.54 Å². The maximum Gasteiger partial charge on any atom is 0.0354 e. The molecule has 2 unspecified atom stereocenters. The van der Waals surface area contributed by atoms with E-state index in [1.165, 1.54) is 38.9 Å². The molecule has 0 aromatic carbocycles. The fourth-order valence-corrected chi connectivity index (χ4v) is 3.35. The number of hydrogen-bond acceptors (Lipinski definition) is 3. The molecule has 1 saturated heterocycles. The van der Waals surface area contributed by atoms with Gasteiger partial charge < -0.3 is 10.6 Å². The highest BCUT2D eigenvalue weighted by molar-refractivity contribution is 5.09. The zero-order valence-electron chi connectivity index (χ0n) is 12.0. The van der Waals surface area contributed by atoms with Crippen LogP contribution in [0.15, 0.2) is 0 Å². The molecule has 2 N–H and O–H groups in total. The van der Waals surface area contributed by atoms with Crippen molar-refractivity contribution in [2.45, 2.75) is 38.6 Å². The first-order valence-electron chi connectivity index (χ1n) is 7.01. The summed E-state index contributed by atoms with van der Waals surface area (Å²) in [6.07, 6.45) is 4.03. The van der Waals surface area contributed by atoms with Crippen molar-refractivity contribution in [3.63, 3.8) is 0 Å². The van der Waals surface area contributed by atoms with Gasteiger partial charge in [-0.05, 0) is 58.2 Å². The summed E-state index contributed by atoms with van der Waals surface area (Å²) in [5.41, 5.74) is 6.73. The van der Waals surface area contributed by atoms with E-state index in [0.717, 1.165) is 12.5 Å². The Morgan fingerprint density at radius 2 is 2.12 bits per heavy atom. The second-order valence-electron chi connectivity index (χ2n) is 6.84. The Labute approximate surface area is 106 Å². The molecule has 2 aliphatic rings. The van der Waals surface area contributed by atoms with Gasteiger partial charge in [0, 0.05) is 25.2 Å². The predicted molar refractivity (Wildman–Crippen MR) is 73.0 cm³/mol. The highest BCUT2D eigenvalue weighted by Crippen LogP contribution is 2.55. The number of nitrogens with zero attached hydrogens (tertiary/aromatic N) is 2. The highest BCUT2D eigenvalue weighted by Gasteiger charge is 2.54. The fourth-order valence-electron chi connectivity index (χ4n) is 3.35. The summed E-state index contributed by atoms with van der Waals surface area (Å²) < 4.78 is 0. The van der Waals surface area contributed by atoms with Gasteiger partial charge in [0.05, 0.1) is 0 Å². The first kappa shape index (κ1) is 13.3. The lowest BCUT2D eigenvalue weighted by Crippen LogP contribution is -2.56. The lowest BCUT2D eigenvalue weighted by atomic mass is 9.82. The summed E-state index contributed by atoms with van der Waals surface area (Å²) in [6.45, 7) is 9.25. The quantitative estimate of drug-likeness (QED) is 0.787. The van der Waals surface area contributed by atoms with Crippen LogP contribution in [0.2, 0.25) is 0 Å². The van der Waals surface area contributed by atoms with Crippen LogP contribution in [-0.2, 0) is 0 Å². The first-order valence-corrected chi connectivity index (χ1v) is 7.01. The zero-order chi connectivity index (χ0) is 12.7. The molecule has 1 aliphatic carbocycles. The summed E-state index contributed by atoms with van der Waals surface area (Å²) in [5, 5.41) is 0. The van der Waals surface area contributed by atoms with Crippen molar-refractivity contribution >= 4 is 0 Å². The molecule has 0 bridgehead atoms. The molecule has 0 aromatic rings. The Kier molecular flexibility index (Phi) is 3.54. The molecule has 3 nitrogen and oxygen atoms in total. The smallest absolute Gasteiger partial charge is 0.0354 e. The minimum absolute atomic E-state index is 0.189. The molecule has 2 rings (SSSR count). The maximum atomic E-state index is 6.08. The van der Waals surface area contributed by atoms with E-state index in [1.54, 1.807) is 0 Å². The topological polar surface area (TPSA) is 32.5 Å². The molecule has 0 spiro atoms. The van der Waals surface area contributed by atoms with E-state index in [0.29, 0.717) is 5.41 Å². The van der Waals surface area contributed by atoms with E-state index >= 15 is 0 Å². The normalized spacial score (nSPS) is 31.8. The van der Waals surface area contributed by atoms with Crippen molar-refractivity contribution in [2.75, 3.05) is 40.3 Å². The molecule has 1 aliphatic heterocycles. The average Bonchev–Trinajstić information content (AvgIpc) is 2.92. The molecule has 0 radical (unpaired) electrons. The highest BCUT2D eigenvalue weighted by atomic mass is 15.2. The standard InChI is InChI=1S/C14H29N3/c1-13(6-7-13)14(2,11-15)17(4)10-12-5-8-16(3)9-12/h12H,5-11,15H2,1-4H3. The SMILES string of the molecule is CN1CCC(CN(C)C(C)(CN)C2(C)CC2)C1. The van der Waals surface area contributed by atoms with E-state index in [4.69, 9.17) is 5.73 Å². The fraction of sp³-hybridized carbons (Fsp3) is 1.00. The molecule has 3 heteroatoms. The van der Waals surface area contributed by atoms with E-state index < -0.39 is 0 Å². The van der Waals surface area contributed by atoms with Crippen LogP contribution in [0.25, 0.3) is 0 Å². The Bertz CT molecular complexity index is 275. The van der Waals surface area contributed by atoms with Crippen molar-refractivity contribution in [2.24, 2.45) is 17.1 Å². The van der Waals surface area contributed by atoms with Gasteiger partial charge in [0.2, 0.25) is 0 Å². The number of rotatable bonds is 5. The molecule has 100 valence electrons. The lowest BCUT2D eigenvalue weighted by Gasteiger charge is -2.44. The van der Waals surface area contributed by atoms with Crippen molar-refractivity contribution in [1.82, 2.24) is 9.80 Å². The monoisotopic (exact) mass is 239 g/mol. The van der Waals surface area contributed by atoms with E-state index in [9.17, 15) is 0 Å². The molecule has 2 atom stereocenters. The molecule has 1 saturated carbocycles. The molecule has 0 amide bonds. The van der Waals surface area contributed by atoms with Crippen LogP contribution in [0.5, 0.6) is 0 Å². The predicted octanol–water partition coefficient (Wildman–Crippen LogP) is 1.39. The number of likely N-dealkylation sites (N-methyl/N-ethyl adjacent to an activating group) is 1. The third kappa shape index (κ3) is 2.38. The van der Waals surface area contributed by atoms with Gasteiger partial charge in [0.25, 0.3) is 0 Å². The summed E-state index contributed by atoms with van der Waals surface area (Å²) >= 11 is 0. The van der Waals surface area contributed by atoms with Crippen LogP contribution in [0.4, 0.5) is 0 Å². The Morgan fingerprint density at radius 3 is 2.53 bits per heavy atom. The summed E-state index contributed by atoms with van der Waals surface area (Å²) in [4.78, 5) is 4.99. The number of likely N-dealkylation sites (tertiary alicyclic amines) is 1. The maximum absolute atomic E-state index is 6.08. The zero-order valence-corrected chi connectivity index (χ0v) is 12.0. The van der Waals surface area contributed by atoms with Gasteiger partial charge in [-0.25, -0.2) is 0 Å². The van der Waals surface area contributed by atoms with Crippen LogP contribution in [-0.4, -0.2) is 55.6 Å². The molecule has 2 fully saturated rings. The summed E-state index contributed by atoms with van der Waals surface area (Å²) in [7, 11) is 4.50. The van der Waals surface area contributed by atoms with Crippen LogP contribution < -0.4 is 5.73 Å². The largest absolute Gasteiger partial charge is 0.329 e. The summed E-state index contributed by atoms with van der Waals surface area (Å²) in [6, 6.07) is 0. The Hall–Kier alpha value is -0.120. The molecule has 17 heavy (non-hydrogen) atoms. The number of hydrogen-bond donors (Lipinski definition) is 1. The molecule has 0 aromatic heterocycles. The first-order chi connectivity index (χ1) is 7.91. The lowest BCUT2D eigenvalue weighted by molar-refractivity contribution is 0.0594. The van der Waals surface area contributed by atoms with Gasteiger partial charge in [0.15, 0.2) is 0 Å². The Morgan fingerprint density at radius 1 is 1.47 bits per heavy atom. The van der Waals surface area contributed by atoms with E-state index in [1.807, 2.05) is 0 Å². The third-order valence-corrected chi connectivity index (χ3v) is 5.56. The summed E-state index contributed by atoms with van der Waals surface area (Å²) in [5.74, 6) is 0.832. The number of nitrogens with two attached hydrogens (primary N) is 1. The van der Waals surface area contributed by atoms with Crippen LogP contribution in [0.3, 0.4) is 0 Å². The molecular formula is C14H29N3. The third-order valence-electron chi connectivity index (χ3n) is 5.56. The van der Waals surface area contributed by atoms with Crippen molar-refractivity contribution in [3.05, 3.63) is 0 Å². The van der Waals surface area contributed by atoms with Crippen molar-refractivity contribution in [3.8, 4) is 0 Å². The van der Waals surface area contributed by atoms with Gasteiger partial charge in [-0.15, -0.1) is 0 Å². The van der Waals surface area contributed by atoms with Crippen molar-refractivity contribution < 1.29 is 0 Å². The van der Waals surface area contributed by atoms with Gasteiger partial charge in [-0.3, -0.25) is 4.90 Å². The van der Waals surface area contributed by atoms with Crippen LogP contribution >= 0.6 is 0 Å². The minimum Gasteiger partial charge on any atom is -0.329 e. The second-order valence-corrected chi connectivity index (χ2v) is 6.84. The van der Waals surface area contributed by atoms with Gasteiger partial charge in [0.1, 0.15) is 0 Å².